The molecule has 0 spiro atoms. The number of nitrogens with zero attached hydrogens (tertiary/aromatic N) is 1. The molecule has 86 valence electrons. The van der Waals surface area contributed by atoms with Gasteiger partial charge in [-0.3, -0.25) is 0 Å². The van der Waals surface area contributed by atoms with Crippen LogP contribution in [0.3, 0.4) is 0 Å². The highest BCUT2D eigenvalue weighted by molar-refractivity contribution is 7.80. The molecule has 1 aliphatic heterocycles. The van der Waals surface area contributed by atoms with Crippen molar-refractivity contribution in [2.75, 3.05) is 6.54 Å². The third kappa shape index (κ3) is 3.07. The average molecular weight is 226 g/mol. The van der Waals surface area contributed by atoms with Crippen molar-refractivity contribution in [3.05, 3.63) is 0 Å². The van der Waals surface area contributed by atoms with Gasteiger partial charge in [-0.25, -0.2) is 0 Å². The predicted molar refractivity (Wildman–Crippen MR) is 68.0 cm³/mol. The Morgan fingerprint density at radius 3 is 2.73 bits per heavy atom. The number of thiocarbonyl (C=S) groups is 1. The zero-order valence-corrected chi connectivity index (χ0v) is 10.5. The van der Waals surface area contributed by atoms with Crippen LogP contribution in [0, 0.1) is 0 Å². The second kappa shape index (κ2) is 5.15. The van der Waals surface area contributed by atoms with Crippen LogP contribution < -0.4 is 5.32 Å². The molecule has 0 radical (unpaired) electrons. The van der Waals surface area contributed by atoms with Crippen LogP contribution in [-0.4, -0.2) is 28.6 Å². The second-order valence-corrected chi connectivity index (χ2v) is 5.22. The maximum Gasteiger partial charge on any atom is 0.169 e. The first-order chi connectivity index (χ1) is 7.31. The lowest BCUT2D eigenvalue weighted by molar-refractivity contribution is 0.303. The molecule has 15 heavy (non-hydrogen) atoms. The Morgan fingerprint density at radius 1 is 1.27 bits per heavy atom. The number of hydrogen-bond donors (Lipinski definition) is 1. The molecule has 2 nitrogen and oxygen atoms in total. The second-order valence-electron chi connectivity index (χ2n) is 4.83. The fourth-order valence-electron chi connectivity index (χ4n) is 2.35. The highest BCUT2D eigenvalue weighted by Crippen LogP contribution is 2.22. The van der Waals surface area contributed by atoms with Gasteiger partial charge in [-0.2, -0.15) is 0 Å². The van der Waals surface area contributed by atoms with Crippen LogP contribution in [0.1, 0.15) is 51.9 Å². The predicted octanol–water partition coefficient (Wildman–Crippen LogP) is 2.68. The Morgan fingerprint density at radius 2 is 2.07 bits per heavy atom. The van der Waals surface area contributed by atoms with E-state index in [2.05, 4.69) is 17.1 Å². The fraction of sp³-hybridized carbons (Fsp3) is 0.917. The van der Waals surface area contributed by atoms with Crippen molar-refractivity contribution in [3.63, 3.8) is 0 Å². The van der Waals surface area contributed by atoms with Crippen molar-refractivity contribution >= 4 is 17.3 Å². The maximum atomic E-state index is 5.51. The van der Waals surface area contributed by atoms with Gasteiger partial charge in [-0.15, -0.1) is 0 Å². The summed E-state index contributed by atoms with van der Waals surface area (Å²) in [6.07, 6.45) is 9.23. The molecule has 2 aliphatic rings. The van der Waals surface area contributed by atoms with Crippen LogP contribution in [0.5, 0.6) is 0 Å². The largest absolute Gasteiger partial charge is 0.360 e. The van der Waals surface area contributed by atoms with Crippen molar-refractivity contribution in [1.29, 1.82) is 0 Å². The van der Waals surface area contributed by atoms with Crippen molar-refractivity contribution in [3.8, 4) is 0 Å². The van der Waals surface area contributed by atoms with Gasteiger partial charge in [0.2, 0.25) is 0 Å². The molecule has 1 unspecified atom stereocenters. The molecule has 1 aliphatic carbocycles. The number of hydrogen-bond acceptors (Lipinski definition) is 1. The molecular formula is C12H22N2S. The van der Waals surface area contributed by atoms with E-state index < -0.39 is 0 Å². The van der Waals surface area contributed by atoms with Gasteiger partial charge in [-0.05, 0) is 44.3 Å². The molecule has 2 fully saturated rings. The van der Waals surface area contributed by atoms with E-state index in [1.165, 1.54) is 44.9 Å². The molecule has 3 heteroatoms. The van der Waals surface area contributed by atoms with E-state index in [-0.39, 0.29) is 0 Å². The summed E-state index contributed by atoms with van der Waals surface area (Å²) in [7, 11) is 0. The van der Waals surface area contributed by atoms with Crippen LogP contribution in [0.25, 0.3) is 0 Å². The summed E-state index contributed by atoms with van der Waals surface area (Å²) in [6.45, 7) is 3.44. The molecule has 2 rings (SSSR count). The third-order valence-electron chi connectivity index (χ3n) is 3.51. The van der Waals surface area contributed by atoms with Gasteiger partial charge in [0.25, 0.3) is 0 Å². The van der Waals surface area contributed by atoms with Crippen LogP contribution in [-0.2, 0) is 0 Å². The van der Waals surface area contributed by atoms with E-state index in [9.17, 15) is 0 Å². The molecule has 0 aromatic carbocycles. The summed E-state index contributed by atoms with van der Waals surface area (Å²) in [6, 6.07) is 1.38. The first-order valence-corrected chi connectivity index (χ1v) is 6.79. The summed E-state index contributed by atoms with van der Waals surface area (Å²) in [5.41, 5.74) is 0. The van der Waals surface area contributed by atoms with Gasteiger partial charge in [0.1, 0.15) is 0 Å². The number of nitrogens with one attached hydrogen (secondary N) is 1. The minimum Gasteiger partial charge on any atom is -0.360 e. The molecule has 0 bridgehead atoms. The summed E-state index contributed by atoms with van der Waals surface area (Å²) < 4.78 is 0. The lowest BCUT2D eigenvalue weighted by Gasteiger charge is -2.32. The monoisotopic (exact) mass is 226 g/mol. The minimum absolute atomic E-state index is 0.686. The molecular weight excluding hydrogens is 204 g/mol. The SMILES string of the molecule is CCC1CCCCCN1C(=S)NC1CC1. The van der Waals surface area contributed by atoms with Crippen LogP contribution in [0.4, 0.5) is 0 Å². The molecule has 1 N–H and O–H groups in total. The topological polar surface area (TPSA) is 15.3 Å². The molecule has 0 amide bonds. The molecule has 1 atom stereocenters. The van der Waals surface area contributed by atoms with Gasteiger partial charge < -0.3 is 10.2 Å². The van der Waals surface area contributed by atoms with Crippen molar-refractivity contribution in [2.24, 2.45) is 0 Å². The molecule has 1 saturated heterocycles. The zero-order valence-electron chi connectivity index (χ0n) is 9.67. The first-order valence-electron chi connectivity index (χ1n) is 6.38. The van der Waals surface area contributed by atoms with E-state index in [0.717, 1.165) is 11.7 Å². The van der Waals surface area contributed by atoms with E-state index in [0.29, 0.717) is 12.1 Å². The van der Waals surface area contributed by atoms with E-state index in [1.807, 2.05) is 0 Å². The Hall–Kier alpha value is -0.310. The Kier molecular flexibility index (Phi) is 3.84. The Balaban J connectivity index is 1.91. The highest BCUT2D eigenvalue weighted by Gasteiger charge is 2.27. The van der Waals surface area contributed by atoms with E-state index in [4.69, 9.17) is 12.2 Å². The van der Waals surface area contributed by atoms with Crippen LogP contribution in [0.15, 0.2) is 0 Å². The third-order valence-corrected chi connectivity index (χ3v) is 3.87. The standard InChI is InChI=1S/C12H22N2S/c1-2-11-6-4-3-5-9-14(11)12(15)13-10-7-8-10/h10-11H,2-9H2,1H3,(H,13,15). The van der Waals surface area contributed by atoms with Gasteiger partial charge in [-0.1, -0.05) is 19.8 Å². The lowest BCUT2D eigenvalue weighted by atomic mass is 10.1. The van der Waals surface area contributed by atoms with Crippen LogP contribution >= 0.6 is 12.2 Å². The Bertz CT molecular complexity index is 226. The lowest BCUT2D eigenvalue weighted by Crippen LogP contribution is -2.46. The molecule has 0 aromatic rings. The summed E-state index contributed by atoms with van der Waals surface area (Å²) >= 11 is 5.51. The Labute approximate surface area is 98.4 Å². The maximum absolute atomic E-state index is 5.51. The van der Waals surface area contributed by atoms with Crippen molar-refractivity contribution < 1.29 is 0 Å². The number of rotatable bonds is 2. The molecule has 0 aromatic heterocycles. The van der Waals surface area contributed by atoms with Gasteiger partial charge >= 0.3 is 0 Å². The minimum atomic E-state index is 0.686. The van der Waals surface area contributed by atoms with Gasteiger partial charge in [0.05, 0.1) is 0 Å². The fourth-order valence-corrected chi connectivity index (χ4v) is 2.76. The highest BCUT2D eigenvalue weighted by atomic mass is 32.1. The zero-order chi connectivity index (χ0) is 10.7. The number of likely N-dealkylation sites (tertiary alicyclic amines) is 1. The summed E-state index contributed by atoms with van der Waals surface area (Å²) in [4.78, 5) is 2.45. The summed E-state index contributed by atoms with van der Waals surface area (Å²) in [5, 5.41) is 4.49. The summed E-state index contributed by atoms with van der Waals surface area (Å²) in [5.74, 6) is 0. The normalized spacial score (nSPS) is 27.3. The quantitative estimate of drug-likeness (QED) is 0.729. The molecule has 1 saturated carbocycles. The van der Waals surface area contributed by atoms with Gasteiger partial charge in [0, 0.05) is 18.6 Å². The smallest absolute Gasteiger partial charge is 0.169 e. The average Bonchev–Trinajstić information content (AvgIpc) is 3.02. The van der Waals surface area contributed by atoms with Gasteiger partial charge in [0.15, 0.2) is 5.11 Å². The van der Waals surface area contributed by atoms with Crippen molar-refractivity contribution in [1.82, 2.24) is 10.2 Å². The van der Waals surface area contributed by atoms with E-state index >= 15 is 0 Å². The van der Waals surface area contributed by atoms with Crippen LogP contribution in [0.2, 0.25) is 0 Å². The van der Waals surface area contributed by atoms with E-state index in [1.54, 1.807) is 0 Å². The van der Waals surface area contributed by atoms with Crippen molar-refractivity contribution in [2.45, 2.75) is 64.0 Å². The molecule has 1 heterocycles. The first kappa shape index (κ1) is 11.2.